The number of anilines is 1. The van der Waals surface area contributed by atoms with E-state index in [9.17, 15) is 9.59 Å². The maximum atomic E-state index is 12.0. The molecule has 0 aliphatic heterocycles. The van der Waals surface area contributed by atoms with Gasteiger partial charge in [0, 0.05) is 22.8 Å². The molecule has 0 aliphatic rings. The van der Waals surface area contributed by atoms with Gasteiger partial charge in [-0.25, -0.2) is 0 Å². The molecule has 25 heavy (non-hydrogen) atoms. The number of benzene rings is 2. The average Bonchev–Trinajstić information content (AvgIpc) is 2.60. The van der Waals surface area contributed by atoms with E-state index in [1.165, 1.54) is 6.08 Å². The van der Waals surface area contributed by atoms with E-state index in [1.807, 2.05) is 30.3 Å². The van der Waals surface area contributed by atoms with Crippen molar-refractivity contribution in [2.45, 2.75) is 13.0 Å². The molecule has 0 atom stereocenters. The van der Waals surface area contributed by atoms with E-state index in [1.54, 1.807) is 30.3 Å². The zero-order valence-corrected chi connectivity index (χ0v) is 14.9. The third-order valence-corrected chi connectivity index (χ3v) is 3.81. The third-order valence-electron chi connectivity index (χ3n) is 3.28. The number of carbonyl (C=O) groups is 2. The lowest BCUT2D eigenvalue weighted by atomic mass is 10.1. The third kappa shape index (κ3) is 6.24. The van der Waals surface area contributed by atoms with Crippen molar-refractivity contribution in [1.82, 2.24) is 5.32 Å². The molecule has 0 radical (unpaired) electrons. The minimum absolute atomic E-state index is 0.212. The monoisotopic (exact) mass is 397 g/mol. The number of rotatable bonds is 6. The van der Waals surface area contributed by atoms with Crippen LogP contribution in [0.2, 0.25) is 0 Å². The Bertz CT molecular complexity index is 823. The van der Waals surface area contributed by atoms with Crippen LogP contribution in [0.4, 0.5) is 5.69 Å². The Balaban J connectivity index is 1.94. The minimum Gasteiger partial charge on any atom is -0.348 e. The fourth-order valence-corrected chi connectivity index (χ4v) is 2.31. The fraction of sp³-hybridized carbons (Fsp3) is 0.105. The number of hydrogen-bond acceptors (Lipinski definition) is 3. The molecule has 0 saturated carbocycles. The van der Waals surface area contributed by atoms with Crippen LogP contribution in [0.1, 0.15) is 17.5 Å². The summed E-state index contributed by atoms with van der Waals surface area (Å²) in [6.07, 6.45) is 2.97. The van der Waals surface area contributed by atoms with Crippen LogP contribution >= 0.6 is 15.9 Å². The molecular weight excluding hydrogens is 382 g/mol. The summed E-state index contributed by atoms with van der Waals surface area (Å²) in [5.41, 5.74) is 2.27. The smallest absolute Gasteiger partial charge is 0.244 e. The highest BCUT2D eigenvalue weighted by atomic mass is 79.9. The fourth-order valence-electron chi connectivity index (χ4n) is 2.05. The molecule has 6 heteroatoms. The van der Waals surface area contributed by atoms with Gasteiger partial charge in [0.25, 0.3) is 0 Å². The maximum Gasteiger partial charge on any atom is 0.244 e. The highest BCUT2D eigenvalue weighted by Gasteiger charge is 2.06. The quantitative estimate of drug-likeness (QED) is 0.730. The normalized spacial score (nSPS) is 10.2. The molecule has 2 aromatic carbocycles. The van der Waals surface area contributed by atoms with Crippen LogP contribution in [0.3, 0.4) is 0 Å². The number of nitriles is 1. The zero-order chi connectivity index (χ0) is 18.1. The summed E-state index contributed by atoms with van der Waals surface area (Å²) in [6.45, 7) is 0.270. The lowest BCUT2D eigenvalue weighted by molar-refractivity contribution is -0.116. The van der Waals surface area contributed by atoms with Gasteiger partial charge in [-0.2, -0.15) is 5.26 Å². The summed E-state index contributed by atoms with van der Waals surface area (Å²) in [5.74, 6) is -0.613. The summed E-state index contributed by atoms with van der Waals surface area (Å²) in [6, 6.07) is 16.5. The number of carbonyl (C=O) groups excluding carboxylic acids is 2. The second-order valence-corrected chi connectivity index (χ2v) is 6.06. The maximum absolute atomic E-state index is 12.0. The Morgan fingerprint density at radius 1 is 1.12 bits per heavy atom. The Hall–Kier alpha value is -2.91. The van der Waals surface area contributed by atoms with Crippen molar-refractivity contribution in [1.29, 1.82) is 5.26 Å². The van der Waals surface area contributed by atoms with E-state index in [2.05, 4.69) is 26.6 Å². The van der Waals surface area contributed by atoms with Crippen LogP contribution in [0, 0.1) is 11.3 Å². The number of nitrogens with one attached hydrogen (secondary N) is 2. The van der Waals surface area contributed by atoms with Crippen molar-refractivity contribution in [2.24, 2.45) is 0 Å². The van der Waals surface area contributed by atoms with Gasteiger partial charge in [-0.1, -0.05) is 46.3 Å². The SMILES string of the molecule is N#CCC(=O)Nc1ccccc1CNC(=O)/C=C/c1ccc(Br)cc1. The van der Waals surface area contributed by atoms with Crippen LogP contribution in [-0.2, 0) is 16.1 Å². The van der Waals surface area contributed by atoms with Gasteiger partial charge >= 0.3 is 0 Å². The van der Waals surface area contributed by atoms with Crippen molar-refractivity contribution in [3.63, 3.8) is 0 Å². The van der Waals surface area contributed by atoms with Gasteiger partial charge in [-0.3, -0.25) is 9.59 Å². The Morgan fingerprint density at radius 2 is 1.84 bits per heavy atom. The Morgan fingerprint density at radius 3 is 2.56 bits per heavy atom. The average molecular weight is 398 g/mol. The van der Waals surface area contributed by atoms with Crippen LogP contribution in [0.15, 0.2) is 59.1 Å². The molecule has 126 valence electrons. The lowest BCUT2D eigenvalue weighted by Crippen LogP contribution is -2.21. The van der Waals surface area contributed by atoms with Gasteiger partial charge in [-0.15, -0.1) is 0 Å². The molecule has 5 nitrogen and oxygen atoms in total. The Kier molecular flexibility index (Phi) is 6.93. The molecule has 2 aromatic rings. The zero-order valence-electron chi connectivity index (χ0n) is 13.3. The molecular formula is C19H16BrN3O2. The summed E-state index contributed by atoms with van der Waals surface area (Å²) >= 11 is 3.36. The van der Waals surface area contributed by atoms with Gasteiger partial charge in [0.2, 0.25) is 11.8 Å². The van der Waals surface area contributed by atoms with Crippen molar-refractivity contribution < 1.29 is 9.59 Å². The van der Waals surface area contributed by atoms with Crippen LogP contribution < -0.4 is 10.6 Å². The first-order chi connectivity index (χ1) is 12.1. The van der Waals surface area contributed by atoms with Gasteiger partial charge in [0.1, 0.15) is 6.42 Å². The molecule has 2 N–H and O–H groups in total. The predicted octanol–water partition coefficient (Wildman–Crippen LogP) is 3.63. The highest BCUT2D eigenvalue weighted by Crippen LogP contribution is 2.15. The van der Waals surface area contributed by atoms with E-state index < -0.39 is 0 Å². The summed E-state index contributed by atoms with van der Waals surface area (Å²) in [5, 5.41) is 14.0. The van der Waals surface area contributed by atoms with Crippen LogP contribution in [0.5, 0.6) is 0 Å². The number of nitrogens with zero attached hydrogens (tertiary/aromatic N) is 1. The first-order valence-electron chi connectivity index (χ1n) is 7.54. The Labute approximate surface area is 154 Å². The molecule has 0 spiro atoms. The minimum atomic E-state index is -0.378. The second-order valence-electron chi connectivity index (χ2n) is 5.14. The summed E-state index contributed by atoms with van der Waals surface area (Å²) in [4.78, 5) is 23.5. The molecule has 0 saturated heterocycles. The second kappa shape index (κ2) is 9.40. The van der Waals surface area contributed by atoms with Crippen molar-refractivity contribution in [3.8, 4) is 6.07 Å². The molecule has 0 fully saturated rings. The van der Waals surface area contributed by atoms with Crippen molar-refractivity contribution >= 4 is 39.5 Å². The van der Waals surface area contributed by atoms with Gasteiger partial charge in [-0.05, 0) is 35.4 Å². The predicted molar refractivity (Wildman–Crippen MR) is 100 cm³/mol. The van der Waals surface area contributed by atoms with E-state index in [4.69, 9.17) is 5.26 Å². The first-order valence-corrected chi connectivity index (χ1v) is 8.34. The number of halogens is 1. The summed E-state index contributed by atoms with van der Waals surface area (Å²) in [7, 11) is 0. The molecule has 0 unspecified atom stereocenters. The first kappa shape index (κ1) is 18.4. The lowest BCUT2D eigenvalue weighted by Gasteiger charge is -2.10. The van der Waals surface area contributed by atoms with Gasteiger partial charge < -0.3 is 10.6 Å². The standard InChI is InChI=1S/C19H16BrN3O2/c20-16-8-5-14(6-9-16)7-10-18(24)22-13-15-3-1-2-4-17(15)23-19(25)11-12-21/h1-10H,11,13H2,(H,22,24)(H,23,25)/b10-7+. The van der Waals surface area contributed by atoms with E-state index in [-0.39, 0.29) is 24.8 Å². The number of amides is 2. The molecule has 2 amide bonds. The molecule has 0 aromatic heterocycles. The molecule has 0 bridgehead atoms. The topological polar surface area (TPSA) is 82.0 Å². The summed E-state index contributed by atoms with van der Waals surface area (Å²) < 4.78 is 0.976. The highest BCUT2D eigenvalue weighted by molar-refractivity contribution is 9.10. The molecule has 2 rings (SSSR count). The molecule has 0 aliphatic carbocycles. The van der Waals surface area contributed by atoms with E-state index in [0.29, 0.717) is 5.69 Å². The van der Waals surface area contributed by atoms with Crippen molar-refractivity contribution in [3.05, 3.63) is 70.2 Å². The van der Waals surface area contributed by atoms with Crippen LogP contribution in [-0.4, -0.2) is 11.8 Å². The van der Waals surface area contributed by atoms with Gasteiger partial charge in [0.15, 0.2) is 0 Å². The number of hydrogen-bond donors (Lipinski definition) is 2. The van der Waals surface area contributed by atoms with E-state index in [0.717, 1.165) is 15.6 Å². The van der Waals surface area contributed by atoms with Crippen molar-refractivity contribution in [2.75, 3.05) is 5.32 Å². The number of para-hydroxylation sites is 1. The van der Waals surface area contributed by atoms with Gasteiger partial charge in [0.05, 0.1) is 6.07 Å². The van der Waals surface area contributed by atoms with E-state index >= 15 is 0 Å². The van der Waals surface area contributed by atoms with Crippen LogP contribution in [0.25, 0.3) is 6.08 Å². The molecule has 0 heterocycles. The largest absolute Gasteiger partial charge is 0.348 e.